The predicted octanol–water partition coefficient (Wildman–Crippen LogP) is 2.87. The third kappa shape index (κ3) is 4.71. The second-order valence-electron chi connectivity index (χ2n) is 6.55. The maximum absolute atomic E-state index is 12.1. The number of amides is 1. The number of carboxylic acids is 1. The summed E-state index contributed by atoms with van der Waals surface area (Å²) >= 11 is 0. The van der Waals surface area contributed by atoms with Crippen LogP contribution in [0, 0.1) is 12.3 Å². The Morgan fingerprint density at radius 1 is 1.35 bits per heavy atom. The van der Waals surface area contributed by atoms with Crippen molar-refractivity contribution in [2.75, 3.05) is 19.7 Å². The number of aliphatic carboxylic acids is 1. The van der Waals surface area contributed by atoms with E-state index in [-0.39, 0.29) is 5.91 Å². The van der Waals surface area contributed by atoms with Crippen molar-refractivity contribution in [3.05, 3.63) is 29.8 Å². The number of nitrogens with zero attached hydrogens (tertiary/aromatic N) is 1. The average molecular weight is 319 g/mol. The lowest BCUT2D eigenvalue weighted by Crippen LogP contribution is -2.34. The highest BCUT2D eigenvalue weighted by molar-refractivity contribution is 5.80. The molecule has 0 aromatic heterocycles. The highest BCUT2D eigenvalue weighted by atomic mass is 16.5. The van der Waals surface area contributed by atoms with Crippen LogP contribution in [0.15, 0.2) is 24.3 Å². The van der Waals surface area contributed by atoms with Crippen LogP contribution in [-0.4, -0.2) is 41.6 Å². The summed E-state index contributed by atoms with van der Waals surface area (Å²) in [6.45, 7) is 5.18. The lowest BCUT2D eigenvalue weighted by molar-refractivity contribution is -0.147. The van der Waals surface area contributed by atoms with Gasteiger partial charge in [0.1, 0.15) is 5.75 Å². The lowest BCUT2D eigenvalue weighted by atomic mass is 9.90. The van der Waals surface area contributed by atoms with E-state index in [1.165, 1.54) is 0 Å². The van der Waals surface area contributed by atoms with E-state index in [1.54, 1.807) is 11.8 Å². The maximum atomic E-state index is 12.1. The molecule has 5 nitrogen and oxygen atoms in total. The number of benzene rings is 1. The molecule has 1 N–H and O–H groups in total. The van der Waals surface area contributed by atoms with E-state index in [4.69, 9.17) is 4.74 Å². The van der Waals surface area contributed by atoms with Gasteiger partial charge in [-0.05, 0) is 50.8 Å². The first-order chi connectivity index (χ1) is 10.9. The molecule has 0 saturated carbocycles. The van der Waals surface area contributed by atoms with Crippen LogP contribution in [0.1, 0.15) is 38.2 Å². The van der Waals surface area contributed by atoms with Gasteiger partial charge in [0.15, 0.2) is 0 Å². The van der Waals surface area contributed by atoms with Gasteiger partial charge in [-0.3, -0.25) is 9.59 Å². The van der Waals surface area contributed by atoms with Gasteiger partial charge in [-0.25, -0.2) is 0 Å². The topological polar surface area (TPSA) is 66.8 Å². The second-order valence-corrected chi connectivity index (χ2v) is 6.55. The number of hydrogen-bond acceptors (Lipinski definition) is 3. The van der Waals surface area contributed by atoms with Crippen molar-refractivity contribution in [2.24, 2.45) is 5.41 Å². The van der Waals surface area contributed by atoms with Crippen molar-refractivity contribution < 1.29 is 19.4 Å². The Morgan fingerprint density at radius 2 is 2.13 bits per heavy atom. The van der Waals surface area contributed by atoms with Crippen LogP contribution in [0.5, 0.6) is 5.75 Å². The van der Waals surface area contributed by atoms with E-state index in [0.29, 0.717) is 32.5 Å². The number of aryl methyl sites for hydroxylation is 1. The molecular formula is C18H25NO4. The Hall–Kier alpha value is -2.04. The van der Waals surface area contributed by atoms with Crippen LogP contribution in [0.25, 0.3) is 0 Å². The number of likely N-dealkylation sites (tertiary alicyclic amines) is 1. The molecule has 1 amide bonds. The van der Waals surface area contributed by atoms with Crippen molar-refractivity contribution in [1.82, 2.24) is 4.90 Å². The summed E-state index contributed by atoms with van der Waals surface area (Å²) in [4.78, 5) is 25.0. The molecule has 1 aliphatic heterocycles. The highest BCUT2D eigenvalue weighted by Gasteiger charge is 2.41. The SMILES string of the molecule is Cc1cccc(OCCCCC(=O)N2CC[C@@](C)(C(=O)O)C2)c1. The third-order valence-corrected chi connectivity index (χ3v) is 4.39. The Kier molecular flexibility index (Phi) is 5.64. The van der Waals surface area contributed by atoms with E-state index < -0.39 is 11.4 Å². The van der Waals surface area contributed by atoms with Crippen LogP contribution < -0.4 is 4.74 Å². The van der Waals surface area contributed by atoms with Gasteiger partial charge in [-0.1, -0.05) is 12.1 Å². The minimum Gasteiger partial charge on any atom is -0.494 e. The van der Waals surface area contributed by atoms with Gasteiger partial charge in [-0.2, -0.15) is 0 Å². The van der Waals surface area contributed by atoms with E-state index in [1.807, 2.05) is 31.2 Å². The molecule has 5 heteroatoms. The van der Waals surface area contributed by atoms with Crippen molar-refractivity contribution in [3.8, 4) is 5.75 Å². The monoisotopic (exact) mass is 319 g/mol. The molecule has 0 bridgehead atoms. The normalized spacial score (nSPS) is 20.5. The smallest absolute Gasteiger partial charge is 0.311 e. The van der Waals surface area contributed by atoms with Crippen molar-refractivity contribution >= 4 is 11.9 Å². The molecule has 0 aliphatic carbocycles. The van der Waals surface area contributed by atoms with Gasteiger partial charge in [-0.15, -0.1) is 0 Å². The van der Waals surface area contributed by atoms with Crippen LogP contribution in [0.2, 0.25) is 0 Å². The van der Waals surface area contributed by atoms with Crippen LogP contribution in [0.4, 0.5) is 0 Å². The van der Waals surface area contributed by atoms with Gasteiger partial charge in [0, 0.05) is 19.5 Å². The summed E-state index contributed by atoms with van der Waals surface area (Å²) in [6, 6.07) is 7.89. The summed E-state index contributed by atoms with van der Waals surface area (Å²) in [6.07, 6.45) is 2.55. The number of unbranched alkanes of at least 4 members (excludes halogenated alkanes) is 1. The quantitative estimate of drug-likeness (QED) is 0.785. The zero-order valence-corrected chi connectivity index (χ0v) is 13.9. The molecule has 1 saturated heterocycles. The Morgan fingerprint density at radius 3 is 2.78 bits per heavy atom. The minimum absolute atomic E-state index is 0.0468. The van der Waals surface area contributed by atoms with Crippen LogP contribution in [0.3, 0.4) is 0 Å². The molecule has 0 spiro atoms. The van der Waals surface area contributed by atoms with Crippen molar-refractivity contribution in [3.63, 3.8) is 0 Å². The van der Waals surface area contributed by atoms with Crippen molar-refractivity contribution in [1.29, 1.82) is 0 Å². The Labute approximate surface area is 137 Å². The molecule has 23 heavy (non-hydrogen) atoms. The summed E-state index contributed by atoms with van der Waals surface area (Å²) in [5.41, 5.74) is 0.373. The third-order valence-electron chi connectivity index (χ3n) is 4.39. The molecule has 1 aromatic rings. The fourth-order valence-corrected chi connectivity index (χ4v) is 2.78. The molecule has 1 aromatic carbocycles. The zero-order valence-electron chi connectivity index (χ0n) is 13.9. The average Bonchev–Trinajstić information content (AvgIpc) is 2.91. The van der Waals surface area contributed by atoms with E-state index in [0.717, 1.165) is 24.2 Å². The zero-order chi connectivity index (χ0) is 16.9. The van der Waals surface area contributed by atoms with Gasteiger partial charge in [0.2, 0.25) is 5.91 Å². The molecular weight excluding hydrogens is 294 g/mol. The molecule has 1 atom stereocenters. The summed E-state index contributed by atoms with van der Waals surface area (Å²) in [5, 5.41) is 9.19. The highest BCUT2D eigenvalue weighted by Crippen LogP contribution is 2.30. The number of carbonyl (C=O) groups excluding carboxylic acids is 1. The minimum atomic E-state index is -0.820. The van der Waals surface area contributed by atoms with Gasteiger partial charge in [0.25, 0.3) is 0 Å². The number of ether oxygens (including phenoxy) is 1. The van der Waals surface area contributed by atoms with Gasteiger partial charge < -0.3 is 14.7 Å². The summed E-state index contributed by atoms with van der Waals surface area (Å²) < 4.78 is 5.66. The summed E-state index contributed by atoms with van der Waals surface area (Å²) in [7, 11) is 0. The van der Waals surface area contributed by atoms with Crippen LogP contribution in [-0.2, 0) is 9.59 Å². The summed E-state index contributed by atoms with van der Waals surface area (Å²) in [5.74, 6) is 0.0815. The molecule has 1 heterocycles. The van der Waals surface area contributed by atoms with Gasteiger partial charge in [0.05, 0.1) is 12.0 Å². The van der Waals surface area contributed by atoms with E-state index >= 15 is 0 Å². The molecule has 0 unspecified atom stereocenters. The van der Waals surface area contributed by atoms with Crippen molar-refractivity contribution in [2.45, 2.75) is 39.5 Å². The fourth-order valence-electron chi connectivity index (χ4n) is 2.78. The number of rotatable bonds is 7. The van der Waals surface area contributed by atoms with E-state index in [9.17, 15) is 14.7 Å². The lowest BCUT2D eigenvalue weighted by Gasteiger charge is -2.20. The first-order valence-corrected chi connectivity index (χ1v) is 8.11. The first-order valence-electron chi connectivity index (χ1n) is 8.11. The number of carbonyl (C=O) groups is 2. The number of carboxylic acid groups (broad SMARTS) is 1. The van der Waals surface area contributed by atoms with Crippen LogP contribution >= 0.6 is 0 Å². The Bertz CT molecular complexity index is 572. The van der Waals surface area contributed by atoms with E-state index in [2.05, 4.69) is 0 Å². The largest absolute Gasteiger partial charge is 0.494 e. The number of hydrogen-bond donors (Lipinski definition) is 1. The molecule has 1 fully saturated rings. The Balaban J connectivity index is 1.65. The second kappa shape index (κ2) is 7.49. The molecule has 1 aliphatic rings. The maximum Gasteiger partial charge on any atom is 0.311 e. The van der Waals surface area contributed by atoms with Gasteiger partial charge >= 0.3 is 5.97 Å². The fraction of sp³-hybridized carbons (Fsp3) is 0.556. The molecule has 2 rings (SSSR count). The predicted molar refractivity (Wildman–Crippen MR) is 87.5 cm³/mol. The molecule has 126 valence electrons. The standard InChI is InChI=1S/C18H25NO4/c1-14-6-5-7-15(12-14)23-11-4-3-8-16(20)19-10-9-18(2,13-19)17(21)22/h5-7,12H,3-4,8-11,13H2,1-2H3,(H,21,22)/t18-/m1/s1. The first kappa shape index (κ1) is 17.3. The molecule has 0 radical (unpaired) electrons.